The molecule has 1 aromatic heterocycles. The summed E-state index contributed by atoms with van der Waals surface area (Å²) in [5.41, 5.74) is 8.27. The molecule has 1 aliphatic rings. The number of nitrogen functional groups attached to an aromatic ring is 1. The van der Waals surface area contributed by atoms with Gasteiger partial charge in [0.2, 0.25) is 6.23 Å². The third-order valence-corrected chi connectivity index (χ3v) is 5.93. The number of hydrogen-bond donors (Lipinski definition) is 1. The van der Waals surface area contributed by atoms with Crippen LogP contribution in [-0.2, 0) is 27.4 Å². The number of alkyl halides is 2. The van der Waals surface area contributed by atoms with Crippen molar-refractivity contribution in [1.82, 2.24) is 9.55 Å². The Bertz CT molecular complexity index is 1200. The number of halogens is 2. The van der Waals surface area contributed by atoms with Crippen molar-refractivity contribution in [3.8, 4) is 0 Å². The maximum atomic E-state index is 15.6. The van der Waals surface area contributed by atoms with Crippen LogP contribution in [-0.4, -0.2) is 34.3 Å². The lowest BCUT2D eigenvalue weighted by molar-refractivity contribution is -0.157. The van der Waals surface area contributed by atoms with Gasteiger partial charge in [-0.2, -0.15) is 13.8 Å². The van der Waals surface area contributed by atoms with Crippen molar-refractivity contribution in [1.29, 1.82) is 0 Å². The molecule has 1 fully saturated rings. The fourth-order valence-corrected chi connectivity index (χ4v) is 3.93. The van der Waals surface area contributed by atoms with Gasteiger partial charge in [-0.15, -0.1) is 0 Å². The van der Waals surface area contributed by atoms with Crippen molar-refractivity contribution in [2.45, 2.75) is 51.4 Å². The number of nitrogens with zero attached hydrogens (tertiary/aromatic N) is 2. The van der Waals surface area contributed by atoms with Crippen molar-refractivity contribution in [2.24, 2.45) is 0 Å². The molecule has 0 bridgehead atoms. The van der Waals surface area contributed by atoms with Crippen molar-refractivity contribution >= 4 is 5.82 Å². The number of aryl methyl sites for hydroxylation is 2. The van der Waals surface area contributed by atoms with E-state index < -0.39 is 30.0 Å². The zero-order chi connectivity index (χ0) is 24.3. The summed E-state index contributed by atoms with van der Waals surface area (Å²) in [6.07, 6.45) is -3.50. The highest BCUT2D eigenvalue weighted by atomic mass is 19.3. The topological polar surface area (TPSA) is 88.6 Å². The van der Waals surface area contributed by atoms with Gasteiger partial charge in [0.15, 0.2) is 6.10 Å². The van der Waals surface area contributed by atoms with Gasteiger partial charge in [-0.25, -0.2) is 4.79 Å². The van der Waals surface area contributed by atoms with Crippen LogP contribution in [0.5, 0.6) is 0 Å². The van der Waals surface area contributed by atoms with E-state index >= 15 is 8.78 Å². The van der Waals surface area contributed by atoms with Crippen molar-refractivity contribution < 1.29 is 23.0 Å². The fraction of sp³-hybridized carbons (Fsp3) is 0.360. The molecule has 2 N–H and O–H groups in total. The van der Waals surface area contributed by atoms with Crippen LogP contribution in [0, 0.1) is 13.8 Å². The predicted octanol–water partition coefficient (Wildman–Crippen LogP) is 3.78. The molecule has 3 atom stereocenters. The Morgan fingerprint density at radius 3 is 2.26 bits per heavy atom. The smallest absolute Gasteiger partial charge is 0.351 e. The molecule has 9 heteroatoms. The molecule has 0 unspecified atom stereocenters. The minimum Gasteiger partial charge on any atom is -0.383 e. The zero-order valence-electron chi connectivity index (χ0n) is 19.0. The van der Waals surface area contributed by atoms with Gasteiger partial charge in [0.25, 0.3) is 0 Å². The van der Waals surface area contributed by atoms with Crippen LogP contribution in [0.4, 0.5) is 14.6 Å². The lowest BCUT2D eigenvalue weighted by Crippen LogP contribution is -2.43. The molecule has 1 aliphatic heterocycles. The van der Waals surface area contributed by atoms with E-state index in [1.54, 1.807) is 0 Å². The van der Waals surface area contributed by atoms with E-state index in [1.807, 2.05) is 62.4 Å². The van der Waals surface area contributed by atoms with Gasteiger partial charge in [-0.3, -0.25) is 4.57 Å². The van der Waals surface area contributed by atoms with E-state index in [1.165, 1.54) is 6.07 Å². The van der Waals surface area contributed by atoms with Gasteiger partial charge in [0.1, 0.15) is 11.9 Å². The van der Waals surface area contributed by atoms with Gasteiger partial charge < -0.3 is 19.9 Å². The number of benzene rings is 2. The molecule has 3 aromatic rings. The molecule has 2 aromatic carbocycles. The Hall–Kier alpha value is -3.14. The minimum atomic E-state index is -3.53. The maximum Gasteiger partial charge on any atom is 0.351 e. The number of hydrogen-bond acceptors (Lipinski definition) is 6. The van der Waals surface area contributed by atoms with Crippen LogP contribution in [0.1, 0.15) is 28.5 Å². The maximum absolute atomic E-state index is 15.6. The first-order valence-corrected chi connectivity index (χ1v) is 10.9. The van der Waals surface area contributed by atoms with Crippen LogP contribution in [0.3, 0.4) is 0 Å². The van der Waals surface area contributed by atoms with Gasteiger partial charge in [-0.05, 0) is 42.2 Å². The quantitative estimate of drug-likeness (QED) is 0.538. The number of anilines is 1. The average molecular weight is 472 g/mol. The highest BCUT2D eigenvalue weighted by Gasteiger charge is 2.61. The first-order valence-electron chi connectivity index (χ1n) is 10.9. The summed E-state index contributed by atoms with van der Waals surface area (Å²) < 4.78 is 49.0. The predicted molar refractivity (Wildman–Crippen MR) is 122 cm³/mol. The van der Waals surface area contributed by atoms with Gasteiger partial charge in [0.05, 0.1) is 19.8 Å². The third kappa shape index (κ3) is 5.01. The third-order valence-electron chi connectivity index (χ3n) is 5.93. The van der Waals surface area contributed by atoms with E-state index in [9.17, 15) is 4.79 Å². The molecule has 2 heterocycles. The summed E-state index contributed by atoms with van der Waals surface area (Å²) >= 11 is 0. The van der Waals surface area contributed by atoms with Crippen LogP contribution in [0.15, 0.2) is 65.6 Å². The largest absolute Gasteiger partial charge is 0.383 e. The monoisotopic (exact) mass is 471 g/mol. The van der Waals surface area contributed by atoms with Gasteiger partial charge >= 0.3 is 11.6 Å². The highest BCUT2D eigenvalue weighted by molar-refractivity contribution is 5.26. The molecular formula is C25H27F2N3O4. The first kappa shape index (κ1) is 24.0. The second-order valence-electron chi connectivity index (χ2n) is 8.34. The van der Waals surface area contributed by atoms with E-state index in [0.29, 0.717) is 0 Å². The van der Waals surface area contributed by atoms with Crippen LogP contribution in [0.25, 0.3) is 0 Å². The summed E-state index contributed by atoms with van der Waals surface area (Å²) in [7, 11) is 0. The first-order chi connectivity index (χ1) is 16.3. The molecule has 0 amide bonds. The van der Waals surface area contributed by atoms with E-state index in [0.717, 1.165) is 33.0 Å². The molecule has 0 saturated carbocycles. The molecule has 180 valence electrons. The van der Waals surface area contributed by atoms with E-state index in [-0.39, 0.29) is 25.6 Å². The summed E-state index contributed by atoms with van der Waals surface area (Å²) in [4.78, 5) is 15.8. The molecular weight excluding hydrogens is 444 g/mol. The summed E-state index contributed by atoms with van der Waals surface area (Å²) in [5.74, 6) is -3.59. The fourth-order valence-electron chi connectivity index (χ4n) is 3.93. The SMILES string of the molecule is Cc1ccccc1COC[C@H]1O[C@@H](n2ccc(N)nc2=O)C(F)(F)[C@@H]1OCc1ccccc1C. The molecule has 0 spiro atoms. The van der Waals surface area contributed by atoms with Crippen LogP contribution in [0.2, 0.25) is 0 Å². The number of aromatic nitrogens is 2. The Kier molecular flexibility index (Phi) is 7.06. The molecule has 0 radical (unpaired) electrons. The molecule has 7 nitrogen and oxygen atoms in total. The number of nitrogens with two attached hydrogens (primary N) is 1. The highest BCUT2D eigenvalue weighted by Crippen LogP contribution is 2.44. The zero-order valence-corrected chi connectivity index (χ0v) is 19.0. The molecule has 4 rings (SSSR count). The number of rotatable bonds is 8. The van der Waals surface area contributed by atoms with E-state index in [4.69, 9.17) is 19.9 Å². The van der Waals surface area contributed by atoms with E-state index in [2.05, 4.69) is 4.98 Å². The Labute approximate surface area is 196 Å². The molecule has 34 heavy (non-hydrogen) atoms. The van der Waals surface area contributed by atoms with Crippen LogP contribution < -0.4 is 11.4 Å². The lowest BCUT2D eigenvalue weighted by Gasteiger charge is -2.25. The Morgan fingerprint density at radius 2 is 1.65 bits per heavy atom. The normalized spacial score (nSPS) is 21.6. The van der Waals surface area contributed by atoms with Gasteiger partial charge in [-0.1, -0.05) is 48.5 Å². The standard InChI is InChI=1S/C25H27F2N3O4/c1-16-7-3-5-9-18(16)13-32-15-20-22(33-14-19-10-6-4-8-17(19)2)25(26,27)23(34-20)30-12-11-21(28)29-24(30)31/h3-12,20,22-23H,13-15H2,1-2H3,(H2,28,29,31)/t20-,22-,23-/m1/s1. The number of ether oxygens (including phenoxy) is 3. The van der Waals surface area contributed by atoms with Crippen molar-refractivity contribution in [2.75, 3.05) is 12.3 Å². The summed E-state index contributed by atoms with van der Waals surface area (Å²) in [5, 5.41) is 0. The molecule has 0 aliphatic carbocycles. The Morgan fingerprint density at radius 1 is 1.03 bits per heavy atom. The lowest BCUT2D eigenvalue weighted by atomic mass is 10.1. The molecule has 1 saturated heterocycles. The average Bonchev–Trinajstić information content (AvgIpc) is 3.04. The minimum absolute atomic E-state index is 0.0355. The van der Waals surface area contributed by atoms with Gasteiger partial charge in [0, 0.05) is 6.20 Å². The second-order valence-corrected chi connectivity index (χ2v) is 8.34. The Balaban J connectivity index is 1.56. The van der Waals surface area contributed by atoms with Crippen molar-refractivity contribution in [3.05, 3.63) is 93.5 Å². The van der Waals surface area contributed by atoms with Crippen molar-refractivity contribution in [3.63, 3.8) is 0 Å². The van der Waals surface area contributed by atoms with Crippen LogP contribution >= 0.6 is 0 Å². The summed E-state index contributed by atoms with van der Waals surface area (Å²) in [6, 6.07) is 16.3. The second kappa shape index (κ2) is 10.0. The summed E-state index contributed by atoms with van der Waals surface area (Å²) in [6.45, 7) is 3.88.